The van der Waals surface area contributed by atoms with Crippen LogP contribution in [0.4, 0.5) is 5.69 Å². The van der Waals surface area contributed by atoms with Crippen LogP contribution in [-0.4, -0.2) is 76.9 Å². The molecule has 2 aromatic rings. The molecular formula is C24H33N5O2. The van der Waals surface area contributed by atoms with Crippen molar-refractivity contribution in [3.63, 3.8) is 0 Å². The van der Waals surface area contributed by atoms with Gasteiger partial charge in [-0.3, -0.25) is 19.4 Å². The highest BCUT2D eigenvalue weighted by molar-refractivity contribution is 5.92. The average Bonchev–Trinajstić information content (AvgIpc) is 3.38. The summed E-state index contributed by atoms with van der Waals surface area (Å²) in [5, 5.41) is 2.95. The highest BCUT2D eigenvalue weighted by Gasteiger charge is 2.31. The fourth-order valence-corrected chi connectivity index (χ4v) is 4.64. The summed E-state index contributed by atoms with van der Waals surface area (Å²) in [5.41, 5.74) is 3.28. The first-order valence-electron chi connectivity index (χ1n) is 11.2. The van der Waals surface area contributed by atoms with Crippen LogP contribution in [-0.2, 0) is 16.6 Å². The first-order chi connectivity index (χ1) is 15.0. The van der Waals surface area contributed by atoms with Gasteiger partial charge in [0.05, 0.1) is 19.1 Å². The molecule has 2 aliphatic rings. The summed E-state index contributed by atoms with van der Waals surface area (Å²) >= 11 is 0. The number of aromatic nitrogens is 1. The summed E-state index contributed by atoms with van der Waals surface area (Å²) in [7, 11) is 2.07. The van der Waals surface area contributed by atoms with Crippen molar-refractivity contribution in [2.45, 2.75) is 25.8 Å². The molecule has 3 heterocycles. The molecule has 2 saturated heterocycles. The SMILES string of the molecule is Cc1ccc(NC(=O)CN2CCN(C(=O)CN3CCC[C@H]3c3cccn3C)CC2)cc1. The fourth-order valence-electron chi connectivity index (χ4n) is 4.64. The van der Waals surface area contributed by atoms with Gasteiger partial charge in [-0.05, 0) is 50.6 Å². The van der Waals surface area contributed by atoms with Gasteiger partial charge in [-0.15, -0.1) is 0 Å². The molecule has 4 rings (SSSR count). The van der Waals surface area contributed by atoms with Gasteiger partial charge in [0.1, 0.15) is 0 Å². The Labute approximate surface area is 184 Å². The highest BCUT2D eigenvalue weighted by Crippen LogP contribution is 2.31. The van der Waals surface area contributed by atoms with E-state index >= 15 is 0 Å². The molecule has 1 N–H and O–H groups in total. The van der Waals surface area contributed by atoms with E-state index in [-0.39, 0.29) is 11.8 Å². The predicted octanol–water partition coefficient (Wildman–Crippen LogP) is 2.25. The standard InChI is InChI=1S/C24H33N5O2/c1-19-7-9-20(10-8-19)25-23(30)17-27-13-15-28(16-14-27)24(31)18-29-12-4-6-22(29)21-5-3-11-26(21)2/h3,5,7-11,22H,4,6,12-18H2,1-2H3,(H,25,30)/t22-/m0/s1. The molecule has 2 fully saturated rings. The average molecular weight is 424 g/mol. The summed E-state index contributed by atoms with van der Waals surface area (Å²) in [5.74, 6) is 0.191. The molecule has 31 heavy (non-hydrogen) atoms. The van der Waals surface area contributed by atoms with E-state index in [2.05, 4.69) is 45.1 Å². The minimum Gasteiger partial charge on any atom is -0.353 e. The zero-order valence-electron chi connectivity index (χ0n) is 18.6. The molecular weight excluding hydrogens is 390 g/mol. The van der Waals surface area contributed by atoms with Crippen LogP contribution >= 0.6 is 0 Å². The van der Waals surface area contributed by atoms with Gasteiger partial charge in [0.15, 0.2) is 0 Å². The maximum atomic E-state index is 12.9. The van der Waals surface area contributed by atoms with Gasteiger partial charge < -0.3 is 14.8 Å². The van der Waals surface area contributed by atoms with E-state index in [0.29, 0.717) is 32.2 Å². The van der Waals surface area contributed by atoms with E-state index in [1.54, 1.807) is 0 Å². The monoisotopic (exact) mass is 423 g/mol. The highest BCUT2D eigenvalue weighted by atomic mass is 16.2. The number of hydrogen-bond acceptors (Lipinski definition) is 4. The predicted molar refractivity (Wildman–Crippen MR) is 122 cm³/mol. The number of aryl methyl sites for hydroxylation is 2. The normalized spacial score (nSPS) is 20.2. The molecule has 1 aromatic carbocycles. The van der Waals surface area contributed by atoms with Crippen molar-refractivity contribution in [2.75, 3.05) is 51.1 Å². The number of hydrogen-bond donors (Lipinski definition) is 1. The van der Waals surface area contributed by atoms with Crippen LogP contribution < -0.4 is 5.32 Å². The van der Waals surface area contributed by atoms with Crippen LogP contribution in [0.5, 0.6) is 0 Å². The van der Waals surface area contributed by atoms with Gasteiger partial charge >= 0.3 is 0 Å². The third kappa shape index (κ3) is 5.35. The summed E-state index contributed by atoms with van der Waals surface area (Å²) in [6.07, 6.45) is 4.31. The molecule has 7 heteroatoms. The Hall–Kier alpha value is -2.64. The Balaban J connectivity index is 1.23. The van der Waals surface area contributed by atoms with E-state index in [4.69, 9.17) is 0 Å². The molecule has 0 aliphatic carbocycles. The zero-order valence-corrected chi connectivity index (χ0v) is 18.6. The third-order valence-corrected chi connectivity index (χ3v) is 6.45. The summed E-state index contributed by atoms with van der Waals surface area (Å²) in [6, 6.07) is 12.4. The quantitative estimate of drug-likeness (QED) is 0.774. The number of carbonyl (C=O) groups is 2. The van der Waals surface area contributed by atoms with E-state index in [1.807, 2.05) is 36.1 Å². The van der Waals surface area contributed by atoms with Crippen molar-refractivity contribution in [3.8, 4) is 0 Å². The summed E-state index contributed by atoms with van der Waals surface area (Å²) in [4.78, 5) is 31.7. The molecule has 7 nitrogen and oxygen atoms in total. The fraction of sp³-hybridized carbons (Fsp3) is 0.500. The minimum absolute atomic E-state index is 0.00824. The van der Waals surface area contributed by atoms with Crippen LogP contribution in [0.3, 0.4) is 0 Å². The van der Waals surface area contributed by atoms with Crippen LogP contribution in [0.25, 0.3) is 0 Å². The number of nitrogens with zero attached hydrogens (tertiary/aromatic N) is 4. The van der Waals surface area contributed by atoms with Gasteiger partial charge in [-0.2, -0.15) is 0 Å². The molecule has 2 amide bonds. The molecule has 0 radical (unpaired) electrons. The van der Waals surface area contributed by atoms with Crippen LogP contribution in [0.15, 0.2) is 42.6 Å². The Morgan fingerprint density at radius 1 is 1.00 bits per heavy atom. The lowest BCUT2D eigenvalue weighted by molar-refractivity contribution is -0.134. The lowest BCUT2D eigenvalue weighted by Crippen LogP contribution is -2.52. The molecule has 0 bridgehead atoms. The van der Waals surface area contributed by atoms with Crippen molar-refractivity contribution in [3.05, 3.63) is 53.9 Å². The summed E-state index contributed by atoms with van der Waals surface area (Å²) in [6.45, 7) is 6.65. The van der Waals surface area contributed by atoms with Crippen molar-refractivity contribution < 1.29 is 9.59 Å². The van der Waals surface area contributed by atoms with Crippen molar-refractivity contribution in [2.24, 2.45) is 7.05 Å². The van der Waals surface area contributed by atoms with E-state index in [0.717, 1.165) is 38.2 Å². The Morgan fingerprint density at radius 2 is 1.74 bits per heavy atom. The third-order valence-electron chi connectivity index (χ3n) is 6.45. The number of carbonyl (C=O) groups excluding carboxylic acids is 2. The molecule has 0 saturated carbocycles. The molecule has 166 valence electrons. The van der Waals surface area contributed by atoms with Gasteiger partial charge in [0.25, 0.3) is 0 Å². The van der Waals surface area contributed by atoms with E-state index < -0.39 is 0 Å². The lowest BCUT2D eigenvalue weighted by Gasteiger charge is -2.35. The molecule has 2 aliphatic heterocycles. The smallest absolute Gasteiger partial charge is 0.238 e. The lowest BCUT2D eigenvalue weighted by atomic mass is 10.1. The van der Waals surface area contributed by atoms with Crippen LogP contribution in [0.1, 0.15) is 30.1 Å². The largest absolute Gasteiger partial charge is 0.353 e. The molecule has 0 unspecified atom stereocenters. The van der Waals surface area contributed by atoms with Crippen molar-refractivity contribution in [1.29, 1.82) is 0 Å². The van der Waals surface area contributed by atoms with Gasteiger partial charge in [0, 0.05) is 50.8 Å². The number of rotatable bonds is 6. The van der Waals surface area contributed by atoms with Crippen LogP contribution in [0, 0.1) is 6.92 Å². The zero-order chi connectivity index (χ0) is 21.8. The minimum atomic E-state index is -0.00824. The second-order valence-electron chi connectivity index (χ2n) is 8.74. The van der Waals surface area contributed by atoms with Gasteiger partial charge in [-0.1, -0.05) is 17.7 Å². The van der Waals surface area contributed by atoms with Gasteiger partial charge in [0.2, 0.25) is 11.8 Å². The number of benzene rings is 1. The summed E-state index contributed by atoms with van der Waals surface area (Å²) < 4.78 is 2.16. The second-order valence-corrected chi connectivity index (χ2v) is 8.74. The van der Waals surface area contributed by atoms with Crippen molar-refractivity contribution in [1.82, 2.24) is 19.3 Å². The molecule has 1 atom stereocenters. The number of piperazine rings is 1. The Morgan fingerprint density at radius 3 is 2.42 bits per heavy atom. The number of nitrogens with one attached hydrogen (secondary N) is 1. The number of amides is 2. The van der Waals surface area contributed by atoms with Gasteiger partial charge in [-0.25, -0.2) is 0 Å². The first-order valence-corrected chi connectivity index (χ1v) is 11.2. The Bertz CT molecular complexity index is 899. The Kier molecular flexibility index (Phi) is 6.73. The maximum absolute atomic E-state index is 12.9. The first kappa shape index (κ1) is 21.6. The van der Waals surface area contributed by atoms with E-state index in [9.17, 15) is 9.59 Å². The number of anilines is 1. The topological polar surface area (TPSA) is 60.8 Å². The van der Waals surface area contributed by atoms with Crippen molar-refractivity contribution >= 4 is 17.5 Å². The molecule has 0 spiro atoms. The molecule has 1 aromatic heterocycles. The van der Waals surface area contributed by atoms with E-state index in [1.165, 1.54) is 11.3 Å². The second kappa shape index (κ2) is 9.66. The van der Waals surface area contributed by atoms with Crippen LogP contribution in [0.2, 0.25) is 0 Å². The maximum Gasteiger partial charge on any atom is 0.238 e. The number of likely N-dealkylation sites (tertiary alicyclic amines) is 1.